The summed E-state index contributed by atoms with van der Waals surface area (Å²) in [6.45, 7) is 6.00. The van der Waals surface area contributed by atoms with Gasteiger partial charge in [-0.1, -0.05) is 18.9 Å². The van der Waals surface area contributed by atoms with E-state index in [1.807, 2.05) is 24.5 Å². The van der Waals surface area contributed by atoms with Crippen molar-refractivity contribution in [3.63, 3.8) is 0 Å². The first-order valence-corrected chi connectivity index (χ1v) is 9.39. The van der Waals surface area contributed by atoms with Gasteiger partial charge in [-0.05, 0) is 31.0 Å². The predicted octanol–water partition coefficient (Wildman–Crippen LogP) is 2.58. The third-order valence-corrected chi connectivity index (χ3v) is 5.09. The summed E-state index contributed by atoms with van der Waals surface area (Å²) in [6, 6.07) is 8.13. The minimum atomic E-state index is 0.863. The van der Waals surface area contributed by atoms with Crippen molar-refractivity contribution in [2.45, 2.75) is 25.7 Å². The quantitative estimate of drug-likeness (QED) is 0.857. The molecule has 2 aromatic heterocycles. The SMILES string of the molecule is c1ccc(N2CCN(c3nccc(N4CCCCCC4)n3)CC2)nc1. The number of aromatic nitrogens is 3. The maximum absolute atomic E-state index is 4.87. The lowest BCUT2D eigenvalue weighted by Crippen LogP contribution is -2.47. The standard InChI is InChI=1S/C19H26N6/c1-2-6-12-23(11-5-1)18-8-10-21-19(22-18)25-15-13-24(14-16-25)17-7-3-4-9-20-17/h3-4,7-10H,1-2,5-6,11-16H2. The summed E-state index contributed by atoms with van der Waals surface area (Å²) in [5, 5.41) is 0. The largest absolute Gasteiger partial charge is 0.356 e. The summed E-state index contributed by atoms with van der Waals surface area (Å²) >= 11 is 0. The first kappa shape index (κ1) is 16.1. The lowest BCUT2D eigenvalue weighted by atomic mass is 10.2. The van der Waals surface area contributed by atoms with Crippen molar-refractivity contribution in [3.8, 4) is 0 Å². The predicted molar refractivity (Wildman–Crippen MR) is 101 cm³/mol. The van der Waals surface area contributed by atoms with E-state index in [0.717, 1.165) is 56.9 Å². The number of anilines is 3. The van der Waals surface area contributed by atoms with Gasteiger partial charge in [0.2, 0.25) is 5.95 Å². The van der Waals surface area contributed by atoms with Gasteiger partial charge in [-0.15, -0.1) is 0 Å². The van der Waals surface area contributed by atoms with Crippen LogP contribution in [-0.4, -0.2) is 54.2 Å². The molecule has 0 radical (unpaired) electrons. The van der Waals surface area contributed by atoms with Gasteiger partial charge in [-0.2, -0.15) is 4.98 Å². The van der Waals surface area contributed by atoms with E-state index < -0.39 is 0 Å². The third kappa shape index (κ3) is 3.83. The molecule has 0 spiro atoms. The Hall–Kier alpha value is -2.37. The number of piperazine rings is 1. The molecule has 0 unspecified atom stereocenters. The average Bonchev–Trinajstić information content (AvgIpc) is 2.99. The van der Waals surface area contributed by atoms with E-state index in [4.69, 9.17) is 4.98 Å². The van der Waals surface area contributed by atoms with Crippen LogP contribution in [0.1, 0.15) is 25.7 Å². The van der Waals surface area contributed by atoms with Crippen LogP contribution in [0.25, 0.3) is 0 Å². The lowest BCUT2D eigenvalue weighted by Gasteiger charge is -2.35. The molecule has 2 aliphatic rings. The van der Waals surface area contributed by atoms with E-state index in [0.29, 0.717) is 0 Å². The van der Waals surface area contributed by atoms with Gasteiger partial charge in [0, 0.05) is 51.7 Å². The van der Waals surface area contributed by atoms with Gasteiger partial charge in [-0.3, -0.25) is 0 Å². The van der Waals surface area contributed by atoms with Crippen molar-refractivity contribution in [1.82, 2.24) is 15.0 Å². The fourth-order valence-electron chi connectivity index (χ4n) is 3.64. The summed E-state index contributed by atoms with van der Waals surface area (Å²) in [4.78, 5) is 20.9. The Labute approximate surface area is 149 Å². The molecule has 0 aliphatic carbocycles. The maximum atomic E-state index is 4.87. The van der Waals surface area contributed by atoms with Crippen LogP contribution in [0.2, 0.25) is 0 Å². The highest BCUT2D eigenvalue weighted by molar-refractivity contribution is 5.46. The molecule has 0 atom stereocenters. The summed E-state index contributed by atoms with van der Waals surface area (Å²) in [7, 11) is 0. The monoisotopic (exact) mass is 338 g/mol. The van der Waals surface area contributed by atoms with Crippen molar-refractivity contribution in [1.29, 1.82) is 0 Å². The fraction of sp³-hybridized carbons (Fsp3) is 0.526. The van der Waals surface area contributed by atoms with E-state index in [9.17, 15) is 0 Å². The summed E-state index contributed by atoms with van der Waals surface area (Å²) in [5.41, 5.74) is 0. The number of hydrogen-bond acceptors (Lipinski definition) is 6. The number of rotatable bonds is 3. The first-order chi connectivity index (χ1) is 12.4. The van der Waals surface area contributed by atoms with Crippen LogP contribution < -0.4 is 14.7 Å². The summed E-state index contributed by atoms with van der Waals surface area (Å²) < 4.78 is 0. The molecule has 2 aromatic rings. The maximum Gasteiger partial charge on any atom is 0.227 e. The molecule has 4 heterocycles. The van der Waals surface area contributed by atoms with Crippen LogP contribution in [-0.2, 0) is 0 Å². The molecule has 0 saturated carbocycles. The zero-order valence-electron chi connectivity index (χ0n) is 14.7. The zero-order chi connectivity index (χ0) is 16.9. The molecule has 2 aliphatic heterocycles. The van der Waals surface area contributed by atoms with E-state index in [1.54, 1.807) is 0 Å². The highest BCUT2D eigenvalue weighted by Crippen LogP contribution is 2.21. The Bertz CT molecular complexity index is 661. The Morgan fingerprint density at radius 1 is 0.600 bits per heavy atom. The Balaban J connectivity index is 1.42. The highest BCUT2D eigenvalue weighted by atomic mass is 15.3. The van der Waals surface area contributed by atoms with Crippen molar-refractivity contribution in [3.05, 3.63) is 36.7 Å². The van der Waals surface area contributed by atoms with Gasteiger partial charge < -0.3 is 14.7 Å². The summed E-state index contributed by atoms with van der Waals surface area (Å²) in [6.07, 6.45) is 8.97. The van der Waals surface area contributed by atoms with E-state index in [2.05, 4.69) is 36.8 Å². The molecule has 0 aromatic carbocycles. The number of hydrogen-bond donors (Lipinski definition) is 0. The molecular weight excluding hydrogens is 312 g/mol. The van der Waals surface area contributed by atoms with Crippen LogP contribution in [0, 0.1) is 0 Å². The van der Waals surface area contributed by atoms with Crippen LogP contribution in [0.5, 0.6) is 0 Å². The Morgan fingerprint density at radius 2 is 1.32 bits per heavy atom. The molecular formula is C19H26N6. The fourth-order valence-corrected chi connectivity index (χ4v) is 3.64. The van der Waals surface area contributed by atoms with Gasteiger partial charge in [0.25, 0.3) is 0 Å². The van der Waals surface area contributed by atoms with E-state index in [-0.39, 0.29) is 0 Å². The molecule has 25 heavy (non-hydrogen) atoms. The second-order valence-electron chi connectivity index (χ2n) is 6.78. The van der Waals surface area contributed by atoms with Crippen LogP contribution in [0.4, 0.5) is 17.6 Å². The smallest absolute Gasteiger partial charge is 0.227 e. The zero-order valence-corrected chi connectivity index (χ0v) is 14.7. The number of pyridine rings is 1. The van der Waals surface area contributed by atoms with Gasteiger partial charge in [0.15, 0.2) is 0 Å². The second kappa shape index (κ2) is 7.68. The minimum Gasteiger partial charge on any atom is -0.356 e. The molecule has 4 rings (SSSR count). The van der Waals surface area contributed by atoms with Crippen molar-refractivity contribution < 1.29 is 0 Å². The van der Waals surface area contributed by atoms with Crippen molar-refractivity contribution in [2.75, 3.05) is 54.0 Å². The van der Waals surface area contributed by atoms with Gasteiger partial charge >= 0.3 is 0 Å². The molecule has 132 valence electrons. The highest BCUT2D eigenvalue weighted by Gasteiger charge is 2.21. The van der Waals surface area contributed by atoms with Crippen LogP contribution in [0.15, 0.2) is 36.7 Å². The minimum absolute atomic E-state index is 0.863. The van der Waals surface area contributed by atoms with E-state index >= 15 is 0 Å². The summed E-state index contributed by atoms with van der Waals surface area (Å²) in [5.74, 6) is 3.00. The third-order valence-electron chi connectivity index (χ3n) is 5.09. The molecule has 6 nitrogen and oxygen atoms in total. The second-order valence-corrected chi connectivity index (χ2v) is 6.78. The average molecular weight is 338 g/mol. The van der Waals surface area contributed by atoms with Crippen LogP contribution in [0.3, 0.4) is 0 Å². The van der Waals surface area contributed by atoms with E-state index in [1.165, 1.54) is 25.7 Å². The Morgan fingerprint density at radius 3 is 2.04 bits per heavy atom. The molecule has 2 saturated heterocycles. The van der Waals surface area contributed by atoms with Gasteiger partial charge in [-0.25, -0.2) is 9.97 Å². The molecule has 2 fully saturated rings. The molecule has 0 amide bonds. The molecule has 6 heteroatoms. The number of nitrogens with zero attached hydrogens (tertiary/aromatic N) is 6. The lowest BCUT2D eigenvalue weighted by molar-refractivity contribution is 0.633. The molecule has 0 bridgehead atoms. The molecule has 0 N–H and O–H groups in total. The normalized spacial score (nSPS) is 19.0. The topological polar surface area (TPSA) is 48.4 Å². The van der Waals surface area contributed by atoms with Crippen molar-refractivity contribution in [2.24, 2.45) is 0 Å². The Kier molecular flexibility index (Phi) is 4.95. The van der Waals surface area contributed by atoms with Gasteiger partial charge in [0.1, 0.15) is 11.6 Å². The first-order valence-electron chi connectivity index (χ1n) is 9.39. The van der Waals surface area contributed by atoms with Gasteiger partial charge in [0.05, 0.1) is 0 Å². The van der Waals surface area contributed by atoms with Crippen molar-refractivity contribution >= 4 is 17.6 Å². The van der Waals surface area contributed by atoms with Crippen LogP contribution >= 0.6 is 0 Å².